The molecule has 0 aliphatic carbocycles. The number of rotatable bonds is 5. The van der Waals surface area contributed by atoms with Crippen LogP contribution in [0, 0.1) is 6.92 Å². The fraction of sp³-hybridized carbons (Fsp3) is 0.200. The first-order valence-electron chi connectivity index (χ1n) is 7.98. The number of hydrogen-bond acceptors (Lipinski definition) is 5. The number of fused-ring (bicyclic) bond motifs is 1. The van der Waals surface area contributed by atoms with Crippen molar-refractivity contribution in [2.75, 3.05) is 7.11 Å². The van der Waals surface area contributed by atoms with Crippen LogP contribution in [0.5, 0.6) is 5.75 Å². The van der Waals surface area contributed by atoms with Crippen LogP contribution >= 0.6 is 15.9 Å². The number of carbonyl (C=O) groups is 1. The van der Waals surface area contributed by atoms with E-state index >= 15 is 0 Å². The third-order valence-corrected chi connectivity index (χ3v) is 4.60. The maximum absolute atomic E-state index is 12.2. The molecular weight excluding hydrogens is 400 g/mol. The summed E-state index contributed by atoms with van der Waals surface area (Å²) in [5, 5.41) is 0.762. The molecule has 3 aromatic rings. The molecule has 0 N–H and O–H groups in total. The van der Waals surface area contributed by atoms with Crippen molar-refractivity contribution in [3.05, 3.63) is 74.0 Å². The van der Waals surface area contributed by atoms with Gasteiger partial charge in [0.2, 0.25) is 0 Å². The van der Waals surface area contributed by atoms with E-state index in [1.54, 1.807) is 13.0 Å². The summed E-state index contributed by atoms with van der Waals surface area (Å²) < 4.78 is 16.8. The molecule has 0 amide bonds. The summed E-state index contributed by atoms with van der Waals surface area (Å²) in [5.41, 5.74) is 1.93. The summed E-state index contributed by atoms with van der Waals surface area (Å²) in [6.07, 6.45) is -0.109. The fourth-order valence-electron chi connectivity index (χ4n) is 2.68. The minimum atomic E-state index is -0.537. The van der Waals surface area contributed by atoms with Crippen LogP contribution in [0.4, 0.5) is 0 Å². The van der Waals surface area contributed by atoms with Crippen LogP contribution in [-0.4, -0.2) is 13.1 Å². The Balaban J connectivity index is 1.88. The number of halogens is 1. The number of carbonyl (C=O) groups excluding carboxylic acids is 1. The molecule has 3 rings (SSSR count). The van der Waals surface area contributed by atoms with Gasteiger partial charge in [0, 0.05) is 15.9 Å². The molecule has 0 bridgehead atoms. The lowest BCUT2D eigenvalue weighted by Crippen LogP contribution is -2.16. The predicted molar refractivity (Wildman–Crippen MR) is 101 cm³/mol. The van der Waals surface area contributed by atoms with Crippen LogP contribution in [0.2, 0.25) is 0 Å². The van der Waals surface area contributed by atoms with Gasteiger partial charge in [0.05, 0.1) is 19.1 Å². The van der Waals surface area contributed by atoms with Crippen molar-refractivity contribution < 1.29 is 18.7 Å². The van der Waals surface area contributed by atoms with Gasteiger partial charge < -0.3 is 13.9 Å². The molecule has 26 heavy (non-hydrogen) atoms. The minimum Gasteiger partial charge on any atom is -0.489 e. The molecule has 0 fully saturated rings. The maximum atomic E-state index is 12.2. The zero-order valence-electron chi connectivity index (χ0n) is 14.4. The van der Waals surface area contributed by atoms with E-state index in [4.69, 9.17) is 9.15 Å². The minimum absolute atomic E-state index is 0.109. The lowest BCUT2D eigenvalue weighted by Gasteiger charge is -2.10. The molecule has 0 saturated carbocycles. The highest BCUT2D eigenvalue weighted by molar-refractivity contribution is 9.10. The van der Waals surface area contributed by atoms with Crippen molar-refractivity contribution in [2.24, 2.45) is 0 Å². The summed E-state index contributed by atoms with van der Waals surface area (Å²) in [5.74, 6) is 0.120. The van der Waals surface area contributed by atoms with E-state index in [2.05, 4.69) is 20.7 Å². The van der Waals surface area contributed by atoms with Gasteiger partial charge in [0.25, 0.3) is 0 Å². The van der Waals surface area contributed by atoms with Gasteiger partial charge in [-0.25, -0.2) is 4.79 Å². The van der Waals surface area contributed by atoms with Crippen LogP contribution in [0.25, 0.3) is 11.0 Å². The predicted octanol–water partition coefficient (Wildman–Crippen LogP) is 4.16. The zero-order valence-corrected chi connectivity index (χ0v) is 16.0. The maximum Gasteiger partial charge on any atom is 0.340 e. The van der Waals surface area contributed by atoms with Crippen LogP contribution in [0.3, 0.4) is 0 Å². The molecule has 0 unspecified atom stereocenters. The Morgan fingerprint density at radius 1 is 1.19 bits per heavy atom. The van der Waals surface area contributed by atoms with E-state index in [-0.39, 0.29) is 6.42 Å². The van der Waals surface area contributed by atoms with E-state index < -0.39 is 11.6 Å². The number of methoxy groups -OCH3 is 1. The van der Waals surface area contributed by atoms with Gasteiger partial charge in [-0.15, -0.1) is 0 Å². The molecule has 0 aliphatic heterocycles. The summed E-state index contributed by atoms with van der Waals surface area (Å²) >= 11 is 3.43. The topological polar surface area (TPSA) is 65.7 Å². The van der Waals surface area contributed by atoms with Crippen molar-refractivity contribution in [3.8, 4) is 5.75 Å². The Hall–Kier alpha value is -2.60. The highest BCUT2D eigenvalue weighted by Gasteiger charge is 2.15. The molecule has 0 atom stereocenters. The van der Waals surface area contributed by atoms with Gasteiger partial charge in [-0.05, 0) is 42.3 Å². The number of benzene rings is 2. The molecule has 0 aliphatic rings. The summed E-state index contributed by atoms with van der Waals surface area (Å²) in [7, 11) is 1.29. The molecular formula is C20H17BrO5. The van der Waals surface area contributed by atoms with Crippen LogP contribution in [0.15, 0.2) is 56.1 Å². The third-order valence-electron chi connectivity index (χ3n) is 4.10. The summed E-state index contributed by atoms with van der Waals surface area (Å²) in [4.78, 5) is 23.7. The van der Waals surface area contributed by atoms with Gasteiger partial charge in [-0.3, -0.25) is 4.79 Å². The van der Waals surface area contributed by atoms with Crippen LogP contribution < -0.4 is 10.4 Å². The number of hydrogen-bond donors (Lipinski definition) is 0. The van der Waals surface area contributed by atoms with Crippen molar-refractivity contribution in [1.82, 2.24) is 0 Å². The van der Waals surface area contributed by atoms with E-state index in [9.17, 15) is 9.59 Å². The fourth-order valence-corrected chi connectivity index (χ4v) is 3.13. The Morgan fingerprint density at radius 3 is 2.73 bits per heavy atom. The lowest BCUT2D eigenvalue weighted by atomic mass is 10.0. The quantitative estimate of drug-likeness (QED) is 0.461. The molecule has 0 radical (unpaired) electrons. The standard InChI is InChI=1S/C20H17BrO5/c1-12-16-7-6-15(25-11-13-4-3-5-14(21)8-13)9-18(16)26-20(23)17(12)10-19(22)24-2/h3-9H,10-11H2,1-2H3. The molecule has 2 aromatic carbocycles. The first-order valence-corrected chi connectivity index (χ1v) is 8.77. The molecule has 134 valence electrons. The number of ether oxygens (including phenoxy) is 2. The molecule has 1 aromatic heterocycles. The monoisotopic (exact) mass is 416 g/mol. The second-order valence-electron chi connectivity index (χ2n) is 5.82. The van der Waals surface area contributed by atoms with Gasteiger partial charge >= 0.3 is 11.6 Å². The third kappa shape index (κ3) is 3.96. The number of aryl methyl sites for hydroxylation is 1. The van der Waals surface area contributed by atoms with E-state index in [0.29, 0.717) is 29.1 Å². The van der Waals surface area contributed by atoms with E-state index in [1.165, 1.54) is 7.11 Å². The first-order chi connectivity index (χ1) is 12.5. The summed E-state index contributed by atoms with van der Waals surface area (Å²) in [6, 6.07) is 13.2. The van der Waals surface area contributed by atoms with Crippen molar-refractivity contribution in [2.45, 2.75) is 20.0 Å². The normalized spacial score (nSPS) is 10.7. The van der Waals surface area contributed by atoms with Crippen LogP contribution in [0.1, 0.15) is 16.7 Å². The Kier molecular flexibility index (Phi) is 5.42. The first kappa shape index (κ1) is 18.2. The highest BCUT2D eigenvalue weighted by Crippen LogP contribution is 2.25. The average molecular weight is 417 g/mol. The van der Waals surface area contributed by atoms with Crippen molar-refractivity contribution >= 4 is 32.9 Å². The van der Waals surface area contributed by atoms with E-state index in [1.807, 2.05) is 36.4 Å². The zero-order chi connectivity index (χ0) is 18.7. The molecule has 1 heterocycles. The number of esters is 1. The molecule has 5 nitrogen and oxygen atoms in total. The lowest BCUT2D eigenvalue weighted by molar-refractivity contribution is -0.139. The SMILES string of the molecule is COC(=O)Cc1c(C)c2ccc(OCc3cccc(Br)c3)cc2oc1=O. The van der Waals surface area contributed by atoms with Gasteiger partial charge in [-0.1, -0.05) is 28.1 Å². The second-order valence-corrected chi connectivity index (χ2v) is 6.74. The van der Waals surface area contributed by atoms with Gasteiger partial charge in [-0.2, -0.15) is 0 Å². The molecule has 0 spiro atoms. The molecule has 0 saturated heterocycles. The smallest absolute Gasteiger partial charge is 0.340 e. The average Bonchev–Trinajstić information content (AvgIpc) is 2.63. The van der Waals surface area contributed by atoms with E-state index in [0.717, 1.165) is 15.4 Å². The largest absolute Gasteiger partial charge is 0.489 e. The molecule has 6 heteroatoms. The summed E-state index contributed by atoms with van der Waals surface area (Å²) in [6.45, 7) is 2.19. The Morgan fingerprint density at radius 2 is 2.00 bits per heavy atom. The highest BCUT2D eigenvalue weighted by atomic mass is 79.9. The Bertz CT molecular complexity index is 1020. The Labute approximate surface area is 158 Å². The van der Waals surface area contributed by atoms with Gasteiger partial charge in [0.15, 0.2) is 0 Å². The van der Waals surface area contributed by atoms with Crippen molar-refractivity contribution in [3.63, 3.8) is 0 Å². The van der Waals surface area contributed by atoms with Gasteiger partial charge in [0.1, 0.15) is 17.9 Å². The second kappa shape index (κ2) is 7.74. The van der Waals surface area contributed by atoms with Crippen molar-refractivity contribution in [1.29, 1.82) is 0 Å². The van der Waals surface area contributed by atoms with Crippen LogP contribution in [-0.2, 0) is 22.6 Å².